The second-order valence-electron chi connectivity index (χ2n) is 5.62. The number of benzene rings is 1. The molecule has 1 aromatic carbocycles. The molecule has 0 unspecified atom stereocenters. The molecule has 26 heavy (non-hydrogen) atoms. The van der Waals surface area contributed by atoms with Crippen molar-refractivity contribution in [1.82, 2.24) is 15.0 Å². The van der Waals surface area contributed by atoms with Gasteiger partial charge in [-0.1, -0.05) is 23.7 Å². The van der Waals surface area contributed by atoms with Crippen LogP contribution in [-0.2, 0) is 0 Å². The molecule has 3 rings (SSSR count). The quantitative estimate of drug-likeness (QED) is 0.664. The third kappa shape index (κ3) is 3.51. The minimum absolute atomic E-state index is 0.467. The molecule has 6 heteroatoms. The number of halogens is 1. The summed E-state index contributed by atoms with van der Waals surface area (Å²) in [6.45, 7) is 5.58. The second-order valence-corrected chi connectivity index (χ2v) is 6.06. The molecule has 0 spiro atoms. The van der Waals surface area contributed by atoms with Crippen molar-refractivity contribution in [2.45, 2.75) is 13.8 Å². The van der Waals surface area contributed by atoms with Crippen LogP contribution in [0.15, 0.2) is 48.8 Å². The van der Waals surface area contributed by atoms with Crippen LogP contribution in [0.5, 0.6) is 0 Å². The Morgan fingerprint density at radius 2 is 1.62 bits per heavy atom. The van der Waals surface area contributed by atoms with Gasteiger partial charge in [-0.15, -0.1) is 0 Å². The number of anilines is 1. The first kappa shape index (κ1) is 17.8. The van der Waals surface area contributed by atoms with Gasteiger partial charge in [0.2, 0.25) is 0 Å². The first-order valence-corrected chi connectivity index (χ1v) is 8.79. The van der Waals surface area contributed by atoms with Gasteiger partial charge in [0.05, 0.1) is 5.69 Å². The number of aromatic nitrogens is 3. The lowest BCUT2D eigenvalue weighted by Gasteiger charge is -2.22. The van der Waals surface area contributed by atoms with E-state index in [-0.39, 0.29) is 0 Å². The summed E-state index contributed by atoms with van der Waals surface area (Å²) in [5, 5.41) is 10.5. The van der Waals surface area contributed by atoms with Gasteiger partial charge in [-0.2, -0.15) is 5.26 Å². The maximum atomic E-state index is 9.82. The molecule has 0 bridgehead atoms. The summed E-state index contributed by atoms with van der Waals surface area (Å²) >= 11 is 6.01. The van der Waals surface area contributed by atoms with Gasteiger partial charge in [0.1, 0.15) is 11.6 Å². The maximum absolute atomic E-state index is 9.82. The van der Waals surface area contributed by atoms with E-state index in [4.69, 9.17) is 21.6 Å². The number of hydrogen-bond acceptors (Lipinski definition) is 5. The van der Waals surface area contributed by atoms with Crippen molar-refractivity contribution < 1.29 is 0 Å². The molecule has 0 fully saturated rings. The number of hydrogen-bond donors (Lipinski definition) is 0. The standard InChI is InChI=1S/C20H18ClN5/c1-3-26(4-2)20-17(13-22)18(14-5-7-16(21)8-6-14)24-19(25-20)15-9-11-23-12-10-15/h5-12H,3-4H2,1-2H3. The fourth-order valence-electron chi connectivity index (χ4n) is 2.75. The first-order valence-electron chi connectivity index (χ1n) is 8.41. The lowest BCUT2D eigenvalue weighted by atomic mass is 10.1. The van der Waals surface area contributed by atoms with Crippen molar-refractivity contribution in [3.63, 3.8) is 0 Å². The highest BCUT2D eigenvalue weighted by atomic mass is 35.5. The van der Waals surface area contributed by atoms with E-state index in [1.165, 1.54) is 0 Å². The van der Waals surface area contributed by atoms with Gasteiger partial charge in [0.25, 0.3) is 0 Å². The summed E-state index contributed by atoms with van der Waals surface area (Å²) in [5.74, 6) is 1.21. The second kappa shape index (κ2) is 7.94. The smallest absolute Gasteiger partial charge is 0.162 e. The van der Waals surface area contributed by atoms with Crippen molar-refractivity contribution in [3.8, 4) is 28.7 Å². The molecule has 5 nitrogen and oxygen atoms in total. The molecule has 0 saturated heterocycles. The fourth-order valence-corrected chi connectivity index (χ4v) is 2.88. The Morgan fingerprint density at radius 3 is 2.19 bits per heavy atom. The molecule has 0 amide bonds. The molecule has 0 N–H and O–H groups in total. The highest BCUT2D eigenvalue weighted by Gasteiger charge is 2.20. The summed E-state index contributed by atoms with van der Waals surface area (Å²) in [5.41, 5.74) is 2.76. The molecule has 130 valence electrons. The summed E-state index contributed by atoms with van der Waals surface area (Å²) in [7, 11) is 0. The number of nitriles is 1. The van der Waals surface area contributed by atoms with E-state index in [0.717, 1.165) is 24.2 Å². The van der Waals surface area contributed by atoms with Gasteiger partial charge in [-0.25, -0.2) is 9.97 Å². The zero-order chi connectivity index (χ0) is 18.5. The Morgan fingerprint density at radius 1 is 0.962 bits per heavy atom. The highest BCUT2D eigenvalue weighted by Crippen LogP contribution is 2.31. The van der Waals surface area contributed by atoms with Crippen LogP contribution in [0.3, 0.4) is 0 Å². The summed E-state index contributed by atoms with van der Waals surface area (Å²) in [6, 6.07) is 13.3. The van der Waals surface area contributed by atoms with Crippen molar-refractivity contribution >= 4 is 17.4 Å². The normalized spacial score (nSPS) is 10.4. The molecule has 0 atom stereocenters. The van der Waals surface area contributed by atoms with E-state index in [2.05, 4.69) is 16.0 Å². The Balaban J connectivity index is 2.29. The van der Waals surface area contributed by atoms with Crippen molar-refractivity contribution in [2.75, 3.05) is 18.0 Å². The van der Waals surface area contributed by atoms with Crippen LogP contribution in [0.2, 0.25) is 5.02 Å². The molecule has 2 aromatic heterocycles. The average Bonchev–Trinajstić information content (AvgIpc) is 2.69. The zero-order valence-corrected chi connectivity index (χ0v) is 15.4. The average molecular weight is 364 g/mol. The van der Waals surface area contributed by atoms with Crippen molar-refractivity contribution in [3.05, 3.63) is 59.4 Å². The van der Waals surface area contributed by atoms with Crippen molar-refractivity contribution in [2.24, 2.45) is 0 Å². The van der Waals surface area contributed by atoms with E-state index in [1.807, 2.05) is 38.1 Å². The lowest BCUT2D eigenvalue weighted by Crippen LogP contribution is -2.25. The van der Waals surface area contributed by atoms with Crippen molar-refractivity contribution in [1.29, 1.82) is 5.26 Å². The minimum Gasteiger partial charge on any atom is -0.356 e. The van der Waals surface area contributed by atoms with E-state index in [9.17, 15) is 5.26 Å². The van der Waals surface area contributed by atoms with Gasteiger partial charge >= 0.3 is 0 Å². The summed E-state index contributed by atoms with van der Waals surface area (Å²) < 4.78 is 0. The summed E-state index contributed by atoms with van der Waals surface area (Å²) in [4.78, 5) is 15.5. The van der Waals surface area contributed by atoms with Crippen LogP contribution in [0.25, 0.3) is 22.6 Å². The highest BCUT2D eigenvalue weighted by molar-refractivity contribution is 6.30. The molecular formula is C20H18ClN5. The molecular weight excluding hydrogens is 346 g/mol. The topological polar surface area (TPSA) is 65.7 Å². The molecule has 3 aromatic rings. The van der Waals surface area contributed by atoms with Gasteiger partial charge in [0, 0.05) is 41.6 Å². The van der Waals surface area contributed by atoms with E-state index >= 15 is 0 Å². The van der Waals surface area contributed by atoms with Gasteiger partial charge in [0.15, 0.2) is 11.6 Å². The maximum Gasteiger partial charge on any atom is 0.162 e. The molecule has 2 heterocycles. The fraction of sp³-hybridized carbons (Fsp3) is 0.200. The largest absolute Gasteiger partial charge is 0.356 e. The van der Waals surface area contributed by atoms with E-state index in [0.29, 0.717) is 27.9 Å². The number of nitrogens with zero attached hydrogens (tertiary/aromatic N) is 5. The third-order valence-corrected chi connectivity index (χ3v) is 4.37. The Bertz CT molecular complexity index is 929. The van der Waals surface area contributed by atoms with Crippen LogP contribution in [-0.4, -0.2) is 28.0 Å². The SMILES string of the molecule is CCN(CC)c1nc(-c2ccncc2)nc(-c2ccc(Cl)cc2)c1C#N. The monoisotopic (exact) mass is 363 g/mol. The van der Waals surface area contributed by atoms with Crippen LogP contribution < -0.4 is 4.90 Å². The Kier molecular flexibility index (Phi) is 5.45. The first-order chi connectivity index (χ1) is 12.7. The van der Waals surface area contributed by atoms with Gasteiger partial charge in [-0.3, -0.25) is 4.98 Å². The Labute approximate surface area is 157 Å². The predicted molar refractivity (Wildman–Crippen MR) is 104 cm³/mol. The lowest BCUT2D eigenvalue weighted by molar-refractivity contribution is 0.841. The third-order valence-electron chi connectivity index (χ3n) is 4.12. The van der Waals surface area contributed by atoms with E-state index in [1.54, 1.807) is 24.5 Å². The number of rotatable bonds is 5. The molecule has 0 aliphatic carbocycles. The molecule has 0 radical (unpaired) electrons. The molecule has 0 aliphatic rings. The van der Waals surface area contributed by atoms with E-state index < -0.39 is 0 Å². The van der Waals surface area contributed by atoms with Gasteiger partial charge in [-0.05, 0) is 38.1 Å². The molecule has 0 saturated carbocycles. The Hall–Kier alpha value is -2.97. The van der Waals surface area contributed by atoms with Crippen LogP contribution in [0, 0.1) is 11.3 Å². The minimum atomic E-state index is 0.467. The number of pyridine rings is 1. The summed E-state index contributed by atoms with van der Waals surface area (Å²) in [6.07, 6.45) is 3.41. The van der Waals surface area contributed by atoms with Crippen LogP contribution >= 0.6 is 11.6 Å². The zero-order valence-electron chi connectivity index (χ0n) is 14.6. The molecule has 0 aliphatic heterocycles. The van der Waals surface area contributed by atoms with Crippen LogP contribution in [0.4, 0.5) is 5.82 Å². The van der Waals surface area contributed by atoms with Crippen LogP contribution in [0.1, 0.15) is 19.4 Å². The predicted octanol–water partition coefficient (Wildman–Crippen LogP) is 4.58. The van der Waals surface area contributed by atoms with Gasteiger partial charge < -0.3 is 4.90 Å².